The van der Waals surface area contributed by atoms with Crippen LogP contribution in [0, 0.1) is 33.5 Å². The van der Waals surface area contributed by atoms with E-state index in [4.69, 9.17) is 34.7 Å². The first-order valence-electron chi connectivity index (χ1n) is 26.4. The van der Waals surface area contributed by atoms with Crippen LogP contribution in [0.3, 0.4) is 0 Å². The van der Waals surface area contributed by atoms with Crippen molar-refractivity contribution in [1.29, 1.82) is 10.5 Å². The lowest BCUT2D eigenvalue weighted by Gasteiger charge is -2.45. The summed E-state index contributed by atoms with van der Waals surface area (Å²) in [5.41, 5.74) is 3.56. The Morgan fingerprint density at radius 2 is 1.12 bits per heavy atom. The molecule has 0 saturated carbocycles. The molecule has 0 bridgehead atoms. The molecule has 2 amide bonds. The van der Waals surface area contributed by atoms with Crippen LogP contribution in [0.25, 0.3) is 11.1 Å². The van der Waals surface area contributed by atoms with Gasteiger partial charge in [0.25, 0.3) is 11.8 Å². The number of imidazole rings is 2. The van der Waals surface area contributed by atoms with Crippen LogP contribution in [0.15, 0.2) is 48.8 Å². The smallest absolute Gasteiger partial charge is 0.338 e. The number of ether oxygens (including phenoxy) is 3. The van der Waals surface area contributed by atoms with Crippen molar-refractivity contribution in [2.24, 2.45) is 10.8 Å². The summed E-state index contributed by atoms with van der Waals surface area (Å²) in [5.74, 6) is -2.29. The molecular weight excluding hydrogens is 965 g/mol. The zero-order valence-corrected chi connectivity index (χ0v) is 46.0. The third-order valence-corrected chi connectivity index (χ3v) is 14.9. The lowest BCUT2D eigenvalue weighted by atomic mass is 9.77. The van der Waals surface area contributed by atoms with Gasteiger partial charge in [-0.3, -0.25) is 19.6 Å². The summed E-state index contributed by atoms with van der Waals surface area (Å²) in [6.45, 7) is 22.6. The highest BCUT2D eigenvalue weighted by molar-refractivity contribution is 6.04. The Balaban J connectivity index is 0.000000222. The number of carboxylic acid groups (broad SMARTS) is 1. The second kappa shape index (κ2) is 22.3. The molecule has 0 spiro atoms. The molecule has 2 fully saturated rings. The van der Waals surface area contributed by atoms with Crippen molar-refractivity contribution in [2.45, 2.75) is 187 Å². The topological polar surface area (TPSA) is 271 Å². The van der Waals surface area contributed by atoms with E-state index in [9.17, 15) is 24.3 Å². The van der Waals surface area contributed by atoms with Crippen LogP contribution in [0.2, 0.25) is 0 Å². The van der Waals surface area contributed by atoms with Gasteiger partial charge in [0, 0.05) is 23.2 Å². The van der Waals surface area contributed by atoms with Gasteiger partial charge in [-0.15, -0.1) is 0 Å². The van der Waals surface area contributed by atoms with Crippen molar-refractivity contribution in [3.05, 3.63) is 94.6 Å². The number of anilines is 2. The summed E-state index contributed by atoms with van der Waals surface area (Å²) in [4.78, 5) is 74.6. The fourth-order valence-electron chi connectivity index (χ4n) is 10.8. The number of hydrogen-bond acceptors (Lipinski definition) is 13. The van der Waals surface area contributed by atoms with Crippen LogP contribution in [-0.4, -0.2) is 87.8 Å². The first kappa shape index (κ1) is 56.7. The monoisotopic (exact) mass is 1040 g/mol. The number of amides is 2. The van der Waals surface area contributed by atoms with Gasteiger partial charge in [-0.1, -0.05) is 53.2 Å². The number of unbranched alkanes of at least 4 members (excludes halogenated alkanes) is 1. The van der Waals surface area contributed by atoms with Gasteiger partial charge in [-0.25, -0.2) is 19.6 Å². The van der Waals surface area contributed by atoms with Crippen LogP contribution in [0.5, 0.6) is 0 Å². The van der Waals surface area contributed by atoms with Crippen LogP contribution < -0.4 is 10.6 Å². The minimum Gasteiger partial charge on any atom is -0.479 e. The van der Waals surface area contributed by atoms with Gasteiger partial charge in [0.15, 0.2) is 22.9 Å². The number of aromatic nitrogens is 6. The fraction of sp³-hybridized carbons (Fsp3) is 0.552. The van der Waals surface area contributed by atoms with Gasteiger partial charge >= 0.3 is 11.9 Å². The number of nitrogens with zero attached hydrogens (tertiary/aromatic N) is 6. The Morgan fingerprint density at radius 3 is 1.50 bits per heavy atom. The number of rotatable bonds is 13. The standard InChI is InChI=1S/C31H41N5O4.C27H33N5O4/c1-7-8-15-39-28(38)31(6)17-21(16-30(4,5)40-31)23-9-10-24(36-27(37)26-33-19-22(18-32)34-26)25(35-23)20-11-13-29(2,3)14-12-20;1-25(2)10-8-16(9-11-25)21-20(32-23(33)22-29-15-18(14-28)30-22)7-6-19(31-21)17-12-26(3,4)36-27(5,13-17)24(34)35/h9-11,19,21H,7-8,12-17H2,1-6H3,(H,33,34)(H,36,37);6-8,15,17H,9-13H2,1-5H3,(H,29,30)(H,32,33)(H,34,35). The van der Waals surface area contributed by atoms with E-state index in [0.29, 0.717) is 49.4 Å². The van der Waals surface area contributed by atoms with Crippen molar-refractivity contribution < 1.29 is 38.5 Å². The van der Waals surface area contributed by atoms with E-state index in [1.54, 1.807) is 6.92 Å². The quantitative estimate of drug-likeness (QED) is 0.0616. The predicted molar refractivity (Wildman–Crippen MR) is 287 cm³/mol. The number of carbonyl (C=O) groups excluding carboxylic acids is 3. The molecule has 76 heavy (non-hydrogen) atoms. The number of nitrogens with one attached hydrogen (secondary N) is 4. The molecule has 4 aromatic heterocycles. The Hall–Kier alpha value is -7.02. The van der Waals surface area contributed by atoms with Crippen LogP contribution in [0.4, 0.5) is 11.4 Å². The van der Waals surface area contributed by atoms with Gasteiger partial charge in [0.1, 0.15) is 23.5 Å². The number of pyridine rings is 2. The highest BCUT2D eigenvalue weighted by Crippen LogP contribution is 2.47. The molecule has 6 heterocycles. The zero-order valence-electron chi connectivity index (χ0n) is 46.0. The van der Waals surface area contributed by atoms with E-state index in [1.807, 2.05) is 71.0 Å². The molecule has 2 aliphatic carbocycles. The molecule has 404 valence electrons. The first-order valence-corrected chi connectivity index (χ1v) is 26.4. The molecule has 0 aromatic carbocycles. The van der Waals surface area contributed by atoms with Gasteiger partial charge in [0.2, 0.25) is 0 Å². The van der Waals surface area contributed by atoms with Crippen LogP contribution in [0.1, 0.15) is 220 Å². The maximum Gasteiger partial charge on any atom is 0.338 e. The fourth-order valence-corrected chi connectivity index (χ4v) is 10.8. The van der Waals surface area contributed by atoms with Crippen LogP contribution in [-0.2, 0) is 23.8 Å². The molecule has 2 aliphatic heterocycles. The van der Waals surface area contributed by atoms with Crippen LogP contribution >= 0.6 is 0 Å². The molecule has 18 nitrogen and oxygen atoms in total. The summed E-state index contributed by atoms with van der Waals surface area (Å²) in [5, 5.41) is 33.8. The highest BCUT2D eigenvalue weighted by atomic mass is 16.6. The number of carbonyl (C=O) groups is 4. The van der Waals surface area contributed by atoms with Crippen molar-refractivity contribution in [1.82, 2.24) is 29.9 Å². The van der Waals surface area contributed by atoms with E-state index in [-0.39, 0.29) is 51.7 Å². The average Bonchev–Trinajstić information content (AvgIpc) is 4.05. The number of aromatic amines is 2. The van der Waals surface area contributed by atoms with Gasteiger partial charge in [0.05, 0.1) is 53.0 Å². The lowest BCUT2D eigenvalue weighted by Crippen LogP contribution is -2.52. The van der Waals surface area contributed by atoms with Crippen molar-refractivity contribution >= 4 is 46.3 Å². The highest BCUT2D eigenvalue weighted by Gasteiger charge is 2.50. The number of esters is 1. The van der Waals surface area contributed by atoms with E-state index in [0.717, 1.165) is 79.6 Å². The molecule has 4 aliphatic rings. The number of carboxylic acids is 1. The van der Waals surface area contributed by atoms with Gasteiger partial charge in [-0.05, 0) is 158 Å². The Labute approximate surface area is 445 Å². The number of allylic oxidation sites excluding steroid dienone is 4. The maximum atomic E-state index is 13.1. The van der Waals surface area contributed by atoms with E-state index in [1.165, 1.54) is 12.4 Å². The number of hydrogen-bond donors (Lipinski definition) is 5. The van der Waals surface area contributed by atoms with Gasteiger partial charge in [-0.2, -0.15) is 10.5 Å². The van der Waals surface area contributed by atoms with E-state index in [2.05, 4.69) is 77.3 Å². The molecule has 2 saturated heterocycles. The van der Waals surface area contributed by atoms with Gasteiger partial charge < -0.3 is 39.9 Å². The normalized spacial score (nSPS) is 24.2. The SMILES string of the molecule is CC1(C)CC=C(c2nc(C3CC(C)(C)OC(C)(C(=O)O)C3)ccc2NC(=O)c2ncc(C#N)[nH]2)CC1.CCCCOC(=O)C1(C)CC(c2ccc(NC(=O)c3ncc(C#N)[nH]3)c(C3=CCC(C)(C)CC3)n2)CC(C)(C)O1. The zero-order chi connectivity index (χ0) is 55.4. The first-order chi connectivity index (χ1) is 35.7. The minimum absolute atomic E-state index is 0.0418. The third kappa shape index (κ3) is 13.7. The molecule has 5 N–H and O–H groups in total. The molecule has 4 unspecified atom stereocenters. The maximum absolute atomic E-state index is 13.1. The Bertz CT molecular complexity index is 3000. The predicted octanol–water partition coefficient (Wildman–Crippen LogP) is 11.3. The van der Waals surface area contributed by atoms with Crippen molar-refractivity contribution in [2.75, 3.05) is 17.2 Å². The summed E-state index contributed by atoms with van der Waals surface area (Å²) in [7, 11) is 0. The largest absolute Gasteiger partial charge is 0.479 e. The van der Waals surface area contributed by atoms with Crippen molar-refractivity contribution in [3.8, 4) is 12.1 Å². The summed E-state index contributed by atoms with van der Waals surface area (Å²) in [6, 6.07) is 11.4. The lowest BCUT2D eigenvalue weighted by molar-refractivity contribution is -0.205. The second-order valence-corrected chi connectivity index (χ2v) is 24.1. The molecule has 18 heteroatoms. The third-order valence-electron chi connectivity index (χ3n) is 14.9. The summed E-state index contributed by atoms with van der Waals surface area (Å²) < 4.78 is 17.8. The summed E-state index contributed by atoms with van der Waals surface area (Å²) in [6.07, 6.45) is 16.3. The molecule has 0 radical (unpaired) electrons. The van der Waals surface area contributed by atoms with Crippen molar-refractivity contribution in [3.63, 3.8) is 0 Å². The Kier molecular flexibility index (Phi) is 16.6. The molecule has 4 atom stereocenters. The second-order valence-electron chi connectivity index (χ2n) is 24.1. The van der Waals surface area contributed by atoms with E-state index < -0.39 is 40.2 Å². The molecule has 4 aromatic rings. The summed E-state index contributed by atoms with van der Waals surface area (Å²) >= 11 is 0. The Morgan fingerprint density at radius 1 is 0.684 bits per heavy atom. The molecule has 8 rings (SSSR count). The minimum atomic E-state index is -1.31. The molecular formula is C58H74N10O8. The number of H-pyrrole nitrogens is 2. The van der Waals surface area contributed by atoms with E-state index >= 15 is 0 Å². The average molecular weight is 1040 g/mol. The number of nitriles is 2. The number of aliphatic carboxylic acids is 1.